The highest BCUT2D eigenvalue weighted by molar-refractivity contribution is 6.20. The highest BCUT2D eigenvalue weighted by atomic mass is 16.5. The summed E-state index contributed by atoms with van der Waals surface area (Å²) < 4.78 is 6.25. The van der Waals surface area contributed by atoms with Crippen LogP contribution in [0.5, 0.6) is 5.75 Å². The summed E-state index contributed by atoms with van der Waals surface area (Å²) in [5.74, 6) is 1.17. The number of allylic oxidation sites excluding steroid dienone is 1. The zero-order chi connectivity index (χ0) is 25.4. The van der Waals surface area contributed by atoms with Crippen molar-refractivity contribution in [2.75, 3.05) is 26.3 Å². The molecule has 1 aromatic carbocycles. The molecule has 1 aromatic heterocycles. The van der Waals surface area contributed by atoms with E-state index in [9.17, 15) is 9.59 Å². The standard InChI is InChI=1S/C28H36N4O4/c1-16-4-7-23(36-15-19-5-6-19)21(12-16)26-22-13-17(2)29-27(22)25(18(3)30-26)28(35)31-20-8-10-32(11-9-20)24(34)14-33/h4,7,12-13,19-20,26,29-30,33H,5-6,8-11,14-15H2,1-3H3,(H,31,35). The number of nitrogens with zero attached hydrogens (tertiary/aromatic N) is 1. The molecule has 8 heteroatoms. The van der Waals surface area contributed by atoms with E-state index in [1.165, 1.54) is 12.8 Å². The third kappa shape index (κ3) is 5.00. The van der Waals surface area contributed by atoms with E-state index >= 15 is 0 Å². The van der Waals surface area contributed by atoms with Gasteiger partial charge < -0.3 is 30.4 Å². The highest BCUT2D eigenvalue weighted by Gasteiger charge is 2.34. The van der Waals surface area contributed by atoms with Crippen LogP contribution in [0.2, 0.25) is 0 Å². The van der Waals surface area contributed by atoms with Crippen molar-refractivity contribution < 1.29 is 19.4 Å². The third-order valence-corrected chi connectivity index (χ3v) is 7.47. The van der Waals surface area contributed by atoms with Crippen LogP contribution < -0.4 is 15.4 Å². The molecule has 1 atom stereocenters. The number of aliphatic hydroxyl groups is 1. The number of H-pyrrole nitrogens is 1. The fourth-order valence-corrected chi connectivity index (χ4v) is 5.28. The fraction of sp³-hybridized carbons (Fsp3) is 0.500. The Morgan fingerprint density at radius 1 is 1.08 bits per heavy atom. The molecule has 192 valence electrons. The van der Waals surface area contributed by atoms with E-state index in [0.29, 0.717) is 37.4 Å². The van der Waals surface area contributed by atoms with Crippen LogP contribution in [0, 0.1) is 19.8 Å². The van der Waals surface area contributed by atoms with Gasteiger partial charge in [-0.1, -0.05) is 11.6 Å². The summed E-state index contributed by atoms with van der Waals surface area (Å²) in [6, 6.07) is 8.28. The first-order valence-corrected chi connectivity index (χ1v) is 12.9. The minimum absolute atomic E-state index is 0.0167. The van der Waals surface area contributed by atoms with Gasteiger partial charge in [0.05, 0.1) is 23.9 Å². The van der Waals surface area contributed by atoms with Crippen molar-refractivity contribution in [3.05, 3.63) is 58.0 Å². The number of fused-ring (bicyclic) bond motifs is 1. The van der Waals surface area contributed by atoms with Gasteiger partial charge in [-0.25, -0.2) is 0 Å². The number of carbonyl (C=O) groups is 2. The van der Waals surface area contributed by atoms with E-state index in [2.05, 4.69) is 46.8 Å². The van der Waals surface area contributed by atoms with Crippen molar-refractivity contribution in [3.8, 4) is 5.75 Å². The number of amides is 2. The first-order chi connectivity index (χ1) is 17.3. The summed E-state index contributed by atoms with van der Waals surface area (Å²) in [6.45, 7) is 7.38. The van der Waals surface area contributed by atoms with E-state index < -0.39 is 6.61 Å². The maximum Gasteiger partial charge on any atom is 0.255 e. The predicted octanol–water partition coefficient (Wildman–Crippen LogP) is 2.94. The fourth-order valence-electron chi connectivity index (χ4n) is 5.28. The lowest BCUT2D eigenvalue weighted by Gasteiger charge is -2.33. The topological polar surface area (TPSA) is 107 Å². The maximum atomic E-state index is 13.5. The molecule has 1 saturated carbocycles. The second kappa shape index (κ2) is 10.0. The number of aromatic nitrogens is 1. The first kappa shape index (κ1) is 24.4. The van der Waals surface area contributed by atoms with Crippen LogP contribution in [0.4, 0.5) is 0 Å². The second-order valence-corrected chi connectivity index (χ2v) is 10.4. The number of hydrogen-bond donors (Lipinski definition) is 4. The molecular weight excluding hydrogens is 456 g/mol. The molecule has 5 rings (SSSR count). The van der Waals surface area contributed by atoms with E-state index in [0.717, 1.165) is 46.1 Å². The van der Waals surface area contributed by atoms with Crippen LogP contribution >= 0.6 is 0 Å². The van der Waals surface area contributed by atoms with Crippen LogP contribution in [0.3, 0.4) is 0 Å². The van der Waals surface area contributed by atoms with Crippen LogP contribution in [-0.4, -0.2) is 59.1 Å². The van der Waals surface area contributed by atoms with Gasteiger partial charge in [0.2, 0.25) is 5.91 Å². The summed E-state index contributed by atoms with van der Waals surface area (Å²) >= 11 is 0. The molecule has 3 heterocycles. The molecule has 1 aliphatic carbocycles. The highest BCUT2D eigenvalue weighted by Crippen LogP contribution is 2.40. The number of ether oxygens (including phenoxy) is 1. The first-order valence-electron chi connectivity index (χ1n) is 12.9. The molecule has 1 unspecified atom stereocenters. The molecular formula is C28H36N4O4. The number of aryl methyl sites for hydroxylation is 2. The normalized spacial score (nSPS) is 20.1. The SMILES string of the molecule is CC1=C(C(=O)NC2CCN(C(=O)CO)CC2)c2[nH]c(C)cc2C(c2cc(C)ccc2OCC2CC2)N1. The Morgan fingerprint density at radius 2 is 1.83 bits per heavy atom. The molecule has 8 nitrogen and oxygen atoms in total. The smallest absolute Gasteiger partial charge is 0.255 e. The van der Waals surface area contributed by atoms with Gasteiger partial charge in [0.25, 0.3) is 5.91 Å². The van der Waals surface area contributed by atoms with Crippen molar-refractivity contribution in [1.29, 1.82) is 0 Å². The molecule has 4 N–H and O–H groups in total. The Hall–Kier alpha value is -3.26. The lowest BCUT2D eigenvalue weighted by molar-refractivity contribution is -0.135. The minimum Gasteiger partial charge on any atom is -0.493 e. The third-order valence-electron chi connectivity index (χ3n) is 7.47. The minimum atomic E-state index is -0.473. The van der Waals surface area contributed by atoms with Crippen LogP contribution in [0.1, 0.15) is 66.7 Å². The number of aromatic amines is 1. The number of aliphatic hydroxyl groups excluding tert-OH is 1. The van der Waals surface area contributed by atoms with Gasteiger partial charge in [-0.05, 0) is 70.6 Å². The van der Waals surface area contributed by atoms with E-state index in [1.54, 1.807) is 4.90 Å². The van der Waals surface area contributed by atoms with Crippen molar-refractivity contribution in [2.24, 2.45) is 5.92 Å². The van der Waals surface area contributed by atoms with Crippen molar-refractivity contribution in [2.45, 2.75) is 58.5 Å². The molecule has 0 spiro atoms. The van der Waals surface area contributed by atoms with Crippen LogP contribution in [0.15, 0.2) is 30.0 Å². The van der Waals surface area contributed by atoms with Gasteiger partial charge in [-0.2, -0.15) is 0 Å². The number of piperidine rings is 1. The predicted molar refractivity (Wildman–Crippen MR) is 137 cm³/mol. The summed E-state index contributed by atoms with van der Waals surface area (Å²) in [6.07, 6.45) is 3.81. The van der Waals surface area contributed by atoms with Crippen LogP contribution in [-0.2, 0) is 9.59 Å². The summed E-state index contributed by atoms with van der Waals surface area (Å²) in [7, 11) is 0. The van der Waals surface area contributed by atoms with Gasteiger partial charge >= 0.3 is 0 Å². The Kier molecular flexibility index (Phi) is 6.79. The lowest BCUT2D eigenvalue weighted by atomic mass is 9.89. The number of rotatable bonds is 7. The molecule has 0 bridgehead atoms. The van der Waals surface area contributed by atoms with E-state index in [4.69, 9.17) is 9.84 Å². The number of likely N-dealkylation sites (tertiary alicyclic amines) is 1. The molecule has 2 fully saturated rings. The Balaban J connectivity index is 1.38. The average molecular weight is 493 g/mol. The van der Waals surface area contributed by atoms with Crippen LogP contribution in [0.25, 0.3) is 5.57 Å². The van der Waals surface area contributed by atoms with Gasteiger partial charge in [0, 0.05) is 41.6 Å². The van der Waals surface area contributed by atoms with E-state index in [1.807, 2.05) is 13.8 Å². The monoisotopic (exact) mass is 492 g/mol. The Morgan fingerprint density at radius 3 is 2.53 bits per heavy atom. The Labute approximate surface area is 212 Å². The van der Waals surface area contributed by atoms with E-state index in [-0.39, 0.29) is 23.9 Å². The number of nitrogens with one attached hydrogen (secondary N) is 3. The molecule has 2 amide bonds. The number of carbonyl (C=O) groups excluding carboxylic acids is 2. The zero-order valence-electron chi connectivity index (χ0n) is 21.3. The molecule has 2 aromatic rings. The van der Waals surface area contributed by atoms with Crippen molar-refractivity contribution in [3.63, 3.8) is 0 Å². The molecule has 2 aliphatic heterocycles. The van der Waals surface area contributed by atoms with Gasteiger partial charge in [0.15, 0.2) is 0 Å². The maximum absolute atomic E-state index is 13.5. The average Bonchev–Trinajstić information content (AvgIpc) is 3.61. The largest absolute Gasteiger partial charge is 0.493 e. The molecule has 3 aliphatic rings. The molecule has 36 heavy (non-hydrogen) atoms. The van der Waals surface area contributed by atoms with Crippen molar-refractivity contribution in [1.82, 2.24) is 20.5 Å². The summed E-state index contributed by atoms with van der Waals surface area (Å²) in [4.78, 5) is 30.3. The zero-order valence-corrected chi connectivity index (χ0v) is 21.3. The lowest BCUT2D eigenvalue weighted by Crippen LogP contribution is -2.47. The second-order valence-electron chi connectivity index (χ2n) is 10.4. The number of benzene rings is 1. The quantitative estimate of drug-likeness (QED) is 0.476. The molecule has 0 radical (unpaired) electrons. The van der Waals surface area contributed by atoms with Gasteiger partial charge in [-0.15, -0.1) is 0 Å². The number of hydrogen-bond acceptors (Lipinski definition) is 5. The molecule has 1 saturated heterocycles. The van der Waals surface area contributed by atoms with Gasteiger partial charge in [-0.3, -0.25) is 9.59 Å². The van der Waals surface area contributed by atoms with Crippen molar-refractivity contribution >= 4 is 17.4 Å². The summed E-state index contributed by atoms with van der Waals surface area (Å²) in [5, 5.41) is 15.9. The van der Waals surface area contributed by atoms with Gasteiger partial charge in [0.1, 0.15) is 12.4 Å². The summed E-state index contributed by atoms with van der Waals surface area (Å²) in [5.41, 5.74) is 6.55. The Bertz CT molecular complexity index is 1190.